The highest BCUT2D eigenvalue weighted by atomic mass is 35.5. The Hall–Kier alpha value is -5.89. The summed E-state index contributed by atoms with van der Waals surface area (Å²) in [6.45, 7) is 10.7. The van der Waals surface area contributed by atoms with E-state index in [2.05, 4.69) is 70.5 Å². The van der Waals surface area contributed by atoms with E-state index < -0.39 is 19.1 Å². The zero-order chi connectivity index (χ0) is 45.0. The fraction of sp³-hybridized carbons (Fsp3) is 0.396. The van der Waals surface area contributed by atoms with E-state index in [0.29, 0.717) is 63.5 Å². The molecule has 3 saturated heterocycles. The van der Waals surface area contributed by atoms with Crippen LogP contribution in [0.15, 0.2) is 60.8 Å². The number of halogens is 1. The number of benzene rings is 3. The van der Waals surface area contributed by atoms with E-state index in [9.17, 15) is 18.9 Å². The highest BCUT2D eigenvalue weighted by Crippen LogP contribution is 2.39. The van der Waals surface area contributed by atoms with Crippen LogP contribution in [-0.2, 0) is 20.7 Å². The van der Waals surface area contributed by atoms with Gasteiger partial charge in [0.15, 0.2) is 5.82 Å². The summed E-state index contributed by atoms with van der Waals surface area (Å²) in [6.07, 6.45) is 11.6. The van der Waals surface area contributed by atoms with Gasteiger partial charge in [-0.25, -0.2) is 4.98 Å². The third-order valence-corrected chi connectivity index (χ3v) is 14.3. The van der Waals surface area contributed by atoms with E-state index in [0.717, 1.165) is 87.6 Å². The molecule has 4 aliphatic heterocycles. The Morgan fingerprint density at radius 1 is 0.969 bits per heavy atom. The van der Waals surface area contributed by atoms with Crippen molar-refractivity contribution in [3.8, 4) is 29.9 Å². The number of rotatable bonds is 12. The van der Waals surface area contributed by atoms with Crippen LogP contribution in [0.1, 0.15) is 65.6 Å². The maximum Gasteiger partial charge on any atom is 0.255 e. The Balaban J connectivity index is 0.794. The van der Waals surface area contributed by atoms with Gasteiger partial charge in [0, 0.05) is 98.4 Å². The van der Waals surface area contributed by atoms with E-state index in [4.69, 9.17) is 22.8 Å². The molecule has 3 fully saturated rings. The second kappa shape index (κ2) is 19.5. The number of hydrogen-bond donors (Lipinski definition) is 3. The molecule has 0 aliphatic carbocycles. The first-order valence-corrected chi connectivity index (χ1v) is 24.7. The molecule has 14 nitrogen and oxygen atoms in total. The summed E-state index contributed by atoms with van der Waals surface area (Å²) in [6, 6.07) is 17.0. The summed E-state index contributed by atoms with van der Waals surface area (Å²) < 4.78 is 18.7. The first kappa shape index (κ1) is 44.7. The van der Waals surface area contributed by atoms with Crippen molar-refractivity contribution in [3.05, 3.63) is 88.1 Å². The fourth-order valence-corrected chi connectivity index (χ4v) is 10.3. The van der Waals surface area contributed by atoms with Gasteiger partial charge in [-0.2, -0.15) is 4.98 Å². The van der Waals surface area contributed by atoms with Crippen molar-refractivity contribution in [1.29, 1.82) is 0 Å². The van der Waals surface area contributed by atoms with E-state index in [-0.39, 0.29) is 24.8 Å². The fourth-order valence-electron chi connectivity index (χ4n) is 9.04. The summed E-state index contributed by atoms with van der Waals surface area (Å²) >= 11 is 6.49. The molecule has 64 heavy (non-hydrogen) atoms. The number of piperazine rings is 1. The molecule has 1 atom stereocenters. The van der Waals surface area contributed by atoms with Gasteiger partial charge in [0.2, 0.25) is 17.8 Å². The Morgan fingerprint density at radius 2 is 1.75 bits per heavy atom. The number of terminal acetylenes is 1. The minimum atomic E-state index is -2.55. The molecule has 3 aromatic carbocycles. The molecular formula is C48H53ClN9O5P. The van der Waals surface area contributed by atoms with Crippen molar-refractivity contribution in [3.63, 3.8) is 0 Å². The van der Waals surface area contributed by atoms with Gasteiger partial charge in [0.25, 0.3) is 5.91 Å². The number of nitrogens with one attached hydrogen (secondary N) is 3. The molecule has 3 amide bonds. The minimum Gasteiger partial charge on any atom is -0.494 e. The molecule has 3 N–H and O–H groups in total. The Bertz CT molecular complexity index is 2600. The van der Waals surface area contributed by atoms with Crippen LogP contribution in [0, 0.1) is 24.2 Å². The number of anilines is 5. The van der Waals surface area contributed by atoms with Gasteiger partial charge < -0.3 is 34.6 Å². The number of nitrogens with zero attached hydrogens (tertiary/aromatic N) is 6. The molecule has 4 aliphatic rings. The number of fused-ring (bicyclic) bond motifs is 1. The Morgan fingerprint density at radius 3 is 2.48 bits per heavy atom. The number of unbranched alkanes of at least 4 members (excludes halogenated alkanes) is 1. The second-order valence-electron chi connectivity index (χ2n) is 17.0. The van der Waals surface area contributed by atoms with Crippen LogP contribution in [0.2, 0.25) is 5.02 Å². The first-order valence-electron chi connectivity index (χ1n) is 21.8. The van der Waals surface area contributed by atoms with Crippen molar-refractivity contribution in [2.45, 2.75) is 57.2 Å². The van der Waals surface area contributed by atoms with E-state index in [1.807, 2.05) is 36.4 Å². The summed E-state index contributed by atoms with van der Waals surface area (Å²) in [5.74, 6) is 9.65. The lowest BCUT2D eigenvalue weighted by atomic mass is 9.99. The number of methoxy groups -OCH3 is 1. The number of carbonyl (C=O) groups excluding carboxylic acids is 3. The number of piperidine rings is 2. The van der Waals surface area contributed by atoms with Crippen LogP contribution in [0.3, 0.4) is 0 Å². The summed E-state index contributed by atoms with van der Waals surface area (Å²) in [5, 5.41) is 9.95. The number of amides is 3. The number of carbonyl (C=O) groups is 3. The van der Waals surface area contributed by atoms with Gasteiger partial charge in [-0.15, -0.1) is 6.42 Å². The van der Waals surface area contributed by atoms with E-state index in [1.165, 1.54) is 11.1 Å². The Kier molecular flexibility index (Phi) is 13.6. The zero-order valence-corrected chi connectivity index (χ0v) is 38.1. The molecule has 0 bridgehead atoms. The highest BCUT2D eigenvalue weighted by Gasteiger charge is 2.40. The summed E-state index contributed by atoms with van der Waals surface area (Å²) in [5.41, 5.74) is 5.08. The van der Waals surface area contributed by atoms with Gasteiger partial charge in [0.05, 0.1) is 24.7 Å². The minimum absolute atomic E-state index is 0.202. The molecule has 8 rings (SSSR count). The van der Waals surface area contributed by atoms with Crippen LogP contribution in [0.5, 0.6) is 5.75 Å². The predicted molar refractivity (Wildman–Crippen MR) is 252 cm³/mol. The third kappa shape index (κ3) is 10.1. The maximum atomic E-state index is 13.4. The van der Waals surface area contributed by atoms with Crippen molar-refractivity contribution >= 4 is 70.6 Å². The molecule has 1 unspecified atom stereocenters. The standard InChI is InChI=1S/C48H53ClN9O5P/c1-5-32-27-33(37-31-58(47(61)36(37)28-32)41-16-17-44(59)53-46(41)60)11-7-6-10-20-55-23-25-57(26-24-55)34-18-21-56(22-19-34)35-14-15-39(42(29-35)63-2)52-48-50-30-38(49)45(54-48)51-40-12-8-9-13-43(40)64(3,4)62/h1,8-9,12-15,27-30,34,41H,6,10,16-26,31H2,2-4H3,(H,53,59,60)(H2,50,51,52,54). The van der Waals surface area contributed by atoms with Crippen LogP contribution < -0.4 is 30.9 Å². The summed E-state index contributed by atoms with van der Waals surface area (Å²) in [7, 11) is -0.898. The normalized spacial score (nSPS) is 18.5. The molecular weight excluding hydrogens is 849 g/mol. The smallest absolute Gasteiger partial charge is 0.255 e. The van der Waals surface area contributed by atoms with Gasteiger partial charge in [-0.3, -0.25) is 24.6 Å². The van der Waals surface area contributed by atoms with Crippen LogP contribution in [0.25, 0.3) is 0 Å². The molecule has 0 saturated carbocycles. The average Bonchev–Trinajstić information content (AvgIpc) is 3.62. The largest absolute Gasteiger partial charge is 0.494 e. The van der Waals surface area contributed by atoms with Crippen molar-refractivity contribution in [1.82, 2.24) is 30.0 Å². The first-order chi connectivity index (χ1) is 30.9. The lowest BCUT2D eigenvalue weighted by Crippen LogP contribution is -2.53. The molecule has 0 spiro atoms. The number of hydrogen-bond acceptors (Lipinski definition) is 12. The number of para-hydroxylation sites is 1. The zero-order valence-electron chi connectivity index (χ0n) is 36.5. The SMILES string of the molecule is C#Cc1cc(C#CCCCN2CCN(C3CCN(c4ccc(Nc5ncc(Cl)c(Nc6ccccc6P(C)(C)=O)n5)c(OC)c4)CC3)CC2)c2c(c1)C(=O)N(C1CCC(=O)NC1=O)C2. The highest BCUT2D eigenvalue weighted by molar-refractivity contribution is 7.70. The molecule has 0 radical (unpaired) electrons. The van der Waals surface area contributed by atoms with Crippen molar-refractivity contribution in [2.75, 3.05) is 81.8 Å². The molecule has 332 valence electrons. The van der Waals surface area contributed by atoms with Gasteiger partial charge in [-0.05, 0) is 87.5 Å². The molecule has 4 aromatic rings. The van der Waals surface area contributed by atoms with Gasteiger partial charge >= 0.3 is 0 Å². The second-order valence-corrected chi connectivity index (χ2v) is 20.6. The maximum absolute atomic E-state index is 13.4. The molecule has 1 aromatic heterocycles. The van der Waals surface area contributed by atoms with E-state index >= 15 is 0 Å². The average molecular weight is 902 g/mol. The quantitative estimate of drug-likeness (QED) is 0.0659. The number of aromatic nitrogens is 2. The monoisotopic (exact) mass is 901 g/mol. The van der Waals surface area contributed by atoms with Gasteiger partial charge in [0.1, 0.15) is 24.0 Å². The molecule has 16 heteroatoms. The third-order valence-electron chi connectivity index (χ3n) is 12.5. The van der Waals surface area contributed by atoms with Crippen molar-refractivity contribution < 1.29 is 23.7 Å². The number of ether oxygens (including phenoxy) is 1. The topological polar surface area (TPSA) is 152 Å². The van der Waals surface area contributed by atoms with E-state index in [1.54, 1.807) is 26.5 Å². The lowest BCUT2D eigenvalue weighted by Gasteiger charge is -2.43. The molecule has 5 heterocycles. The predicted octanol–water partition coefficient (Wildman–Crippen LogP) is 6.03. The lowest BCUT2D eigenvalue weighted by molar-refractivity contribution is -0.136. The number of imide groups is 1. The van der Waals surface area contributed by atoms with Crippen LogP contribution in [0.4, 0.5) is 28.8 Å². The van der Waals surface area contributed by atoms with Gasteiger partial charge in [-0.1, -0.05) is 41.5 Å². The Labute approximate surface area is 379 Å². The summed E-state index contributed by atoms with van der Waals surface area (Å²) in [4.78, 5) is 55.8. The van der Waals surface area contributed by atoms with Crippen LogP contribution in [-0.4, -0.2) is 121 Å². The van der Waals surface area contributed by atoms with Crippen molar-refractivity contribution in [2.24, 2.45) is 0 Å². The van der Waals surface area contributed by atoms with Crippen LogP contribution >= 0.6 is 18.7 Å².